The molecule has 4 heterocycles. The van der Waals surface area contributed by atoms with E-state index in [0.717, 1.165) is 23.9 Å². The Hall–Kier alpha value is -2.61. The molecule has 7 nitrogen and oxygen atoms in total. The topological polar surface area (TPSA) is 76.2 Å². The van der Waals surface area contributed by atoms with Gasteiger partial charge in [0.25, 0.3) is 5.91 Å². The van der Waals surface area contributed by atoms with E-state index in [1.54, 1.807) is 34.3 Å². The van der Waals surface area contributed by atoms with E-state index in [4.69, 9.17) is 4.42 Å². The highest BCUT2D eigenvalue weighted by molar-refractivity contribution is 7.13. The number of nitrogens with one attached hydrogen (secondary N) is 1. The molecule has 25 heavy (non-hydrogen) atoms. The van der Waals surface area contributed by atoms with Gasteiger partial charge in [-0.1, -0.05) is 0 Å². The fourth-order valence-electron chi connectivity index (χ4n) is 2.83. The lowest BCUT2D eigenvalue weighted by atomic mass is 10.4. The van der Waals surface area contributed by atoms with E-state index in [2.05, 4.69) is 20.3 Å². The zero-order valence-corrected chi connectivity index (χ0v) is 14.5. The number of carbonyl (C=O) groups is 1. The van der Waals surface area contributed by atoms with Crippen LogP contribution in [0.15, 0.2) is 40.4 Å². The van der Waals surface area contributed by atoms with Crippen LogP contribution in [0.3, 0.4) is 0 Å². The summed E-state index contributed by atoms with van der Waals surface area (Å²) in [6.07, 6.45) is 6.01. The van der Waals surface area contributed by atoms with Crippen molar-refractivity contribution in [2.24, 2.45) is 0 Å². The van der Waals surface area contributed by atoms with Gasteiger partial charge in [0.15, 0.2) is 10.9 Å². The maximum atomic E-state index is 12.2. The van der Waals surface area contributed by atoms with Crippen molar-refractivity contribution in [2.75, 3.05) is 18.0 Å². The van der Waals surface area contributed by atoms with Crippen LogP contribution in [0.2, 0.25) is 0 Å². The Labute approximate surface area is 149 Å². The van der Waals surface area contributed by atoms with Crippen molar-refractivity contribution in [1.82, 2.24) is 20.1 Å². The lowest BCUT2D eigenvalue weighted by Gasteiger charge is -2.12. The van der Waals surface area contributed by atoms with Crippen LogP contribution >= 0.6 is 11.3 Å². The Morgan fingerprint density at radius 2 is 2.20 bits per heavy atom. The number of aromatic nitrogens is 3. The average Bonchev–Trinajstić information content (AvgIpc) is 3.39. The second kappa shape index (κ2) is 7.10. The first-order chi connectivity index (χ1) is 12.3. The summed E-state index contributed by atoms with van der Waals surface area (Å²) in [5, 5.41) is 10.0. The van der Waals surface area contributed by atoms with Crippen LogP contribution in [0.4, 0.5) is 5.13 Å². The minimum Gasteiger partial charge on any atom is -0.454 e. The predicted molar refractivity (Wildman–Crippen MR) is 94.8 cm³/mol. The van der Waals surface area contributed by atoms with Gasteiger partial charge in [-0.05, 0) is 31.0 Å². The largest absolute Gasteiger partial charge is 0.454 e. The van der Waals surface area contributed by atoms with Gasteiger partial charge in [0.05, 0.1) is 18.8 Å². The Kier molecular flexibility index (Phi) is 4.51. The fourth-order valence-corrected chi connectivity index (χ4v) is 3.71. The van der Waals surface area contributed by atoms with Crippen molar-refractivity contribution in [1.29, 1.82) is 0 Å². The van der Waals surface area contributed by atoms with Crippen LogP contribution in [0.1, 0.15) is 34.9 Å². The summed E-state index contributed by atoms with van der Waals surface area (Å²) in [4.78, 5) is 19.1. The van der Waals surface area contributed by atoms with Crippen molar-refractivity contribution in [3.63, 3.8) is 0 Å². The van der Waals surface area contributed by atoms with Crippen LogP contribution in [0, 0.1) is 0 Å². The van der Waals surface area contributed by atoms with E-state index in [1.807, 2.05) is 17.6 Å². The standard InChI is InChI=1S/C17H19N5O2S/c23-16(15-5-4-14(24-15)11-22-9-3-6-19-22)18-10-13-12-25-17(20-13)21-7-1-2-8-21/h3-6,9,12H,1-2,7-8,10-11H2,(H,18,23). The molecule has 0 aromatic carbocycles. The Bertz CT molecular complexity index is 833. The summed E-state index contributed by atoms with van der Waals surface area (Å²) in [5.74, 6) is 0.762. The SMILES string of the molecule is O=C(NCc1csc(N2CCCC2)n1)c1ccc(Cn2cccn2)o1. The molecule has 0 aliphatic carbocycles. The van der Waals surface area contributed by atoms with Gasteiger partial charge in [-0.25, -0.2) is 4.98 Å². The highest BCUT2D eigenvalue weighted by atomic mass is 32.1. The average molecular weight is 357 g/mol. The first kappa shape index (κ1) is 15.9. The van der Waals surface area contributed by atoms with Gasteiger partial charge in [0.2, 0.25) is 0 Å². The van der Waals surface area contributed by atoms with E-state index >= 15 is 0 Å². The van der Waals surface area contributed by atoms with Gasteiger partial charge < -0.3 is 14.6 Å². The van der Waals surface area contributed by atoms with E-state index in [1.165, 1.54) is 12.8 Å². The number of rotatable bonds is 6. The van der Waals surface area contributed by atoms with Gasteiger partial charge in [0.1, 0.15) is 5.76 Å². The van der Waals surface area contributed by atoms with Crippen molar-refractivity contribution >= 4 is 22.4 Å². The van der Waals surface area contributed by atoms with Gasteiger partial charge in [-0.15, -0.1) is 11.3 Å². The number of anilines is 1. The highest BCUT2D eigenvalue weighted by Gasteiger charge is 2.16. The summed E-state index contributed by atoms with van der Waals surface area (Å²) in [6, 6.07) is 5.33. The Morgan fingerprint density at radius 1 is 1.32 bits per heavy atom. The zero-order valence-electron chi connectivity index (χ0n) is 13.7. The maximum Gasteiger partial charge on any atom is 0.287 e. The molecule has 0 radical (unpaired) electrons. The number of hydrogen-bond donors (Lipinski definition) is 1. The molecule has 0 atom stereocenters. The molecule has 0 unspecified atom stereocenters. The van der Waals surface area contributed by atoms with Gasteiger partial charge >= 0.3 is 0 Å². The van der Waals surface area contributed by atoms with E-state index in [-0.39, 0.29) is 5.91 Å². The molecular weight excluding hydrogens is 338 g/mol. The number of furan rings is 1. The van der Waals surface area contributed by atoms with Crippen molar-refractivity contribution in [3.8, 4) is 0 Å². The first-order valence-corrected chi connectivity index (χ1v) is 9.19. The summed E-state index contributed by atoms with van der Waals surface area (Å²) >= 11 is 1.63. The summed E-state index contributed by atoms with van der Waals surface area (Å²) < 4.78 is 7.34. The highest BCUT2D eigenvalue weighted by Crippen LogP contribution is 2.24. The van der Waals surface area contributed by atoms with Crippen molar-refractivity contribution in [3.05, 3.63) is 53.2 Å². The minimum absolute atomic E-state index is 0.234. The molecule has 130 valence electrons. The summed E-state index contributed by atoms with van der Waals surface area (Å²) in [7, 11) is 0. The van der Waals surface area contributed by atoms with Gasteiger partial charge in [-0.2, -0.15) is 5.10 Å². The minimum atomic E-state index is -0.234. The zero-order chi connectivity index (χ0) is 17.1. The molecule has 1 saturated heterocycles. The normalized spacial score (nSPS) is 14.2. The molecule has 3 aromatic rings. The van der Waals surface area contributed by atoms with Gasteiger partial charge in [0, 0.05) is 30.9 Å². The number of amides is 1. The predicted octanol–water partition coefficient (Wildman–Crippen LogP) is 2.51. The summed E-state index contributed by atoms with van der Waals surface area (Å²) in [6.45, 7) is 3.05. The maximum absolute atomic E-state index is 12.2. The molecule has 1 aliphatic heterocycles. The number of thiazole rings is 1. The monoisotopic (exact) mass is 357 g/mol. The molecule has 1 N–H and O–H groups in total. The van der Waals surface area contributed by atoms with Crippen LogP contribution < -0.4 is 10.2 Å². The molecule has 0 bridgehead atoms. The smallest absolute Gasteiger partial charge is 0.287 e. The Balaban J connectivity index is 1.32. The Morgan fingerprint density at radius 3 is 3.00 bits per heavy atom. The third kappa shape index (κ3) is 3.74. The van der Waals surface area contributed by atoms with Crippen LogP contribution in [-0.4, -0.2) is 33.8 Å². The molecule has 0 spiro atoms. The molecule has 1 aliphatic rings. The lowest BCUT2D eigenvalue weighted by Crippen LogP contribution is -2.23. The van der Waals surface area contributed by atoms with Crippen LogP contribution in [0.25, 0.3) is 0 Å². The summed E-state index contributed by atoms with van der Waals surface area (Å²) in [5.41, 5.74) is 0.878. The molecule has 0 saturated carbocycles. The molecule has 1 fully saturated rings. The number of hydrogen-bond acceptors (Lipinski definition) is 6. The second-order valence-electron chi connectivity index (χ2n) is 5.97. The second-order valence-corrected chi connectivity index (χ2v) is 6.80. The van der Waals surface area contributed by atoms with E-state index in [0.29, 0.717) is 24.6 Å². The lowest BCUT2D eigenvalue weighted by molar-refractivity contribution is 0.0920. The molecule has 4 rings (SSSR count). The first-order valence-electron chi connectivity index (χ1n) is 8.31. The van der Waals surface area contributed by atoms with E-state index < -0.39 is 0 Å². The van der Waals surface area contributed by atoms with Crippen molar-refractivity contribution in [2.45, 2.75) is 25.9 Å². The number of nitrogens with zero attached hydrogens (tertiary/aromatic N) is 4. The molecular formula is C17H19N5O2S. The quantitative estimate of drug-likeness (QED) is 0.734. The van der Waals surface area contributed by atoms with Crippen LogP contribution in [0.5, 0.6) is 0 Å². The molecule has 8 heteroatoms. The molecule has 3 aromatic heterocycles. The van der Waals surface area contributed by atoms with E-state index in [9.17, 15) is 4.79 Å². The third-order valence-corrected chi connectivity index (χ3v) is 5.06. The molecule has 1 amide bonds. The van der Waals surface area contributed by atoms with Crippen LogP contribution in [-0.2, 0) is 13.1 Å². The van der Waals surface area contributed by atoms with Crippen molar-refractivity contribution < 1.29 is 9.21 Å². The fraction of sp³-hybridized carbons (Fsp3) is 0.353. The number of carbonyl (C=O) groups excluding carboxylic acids is 1. The third-order valence-electron chi connectivity index (χ3n) is 4.11. The van der Waals surface area contributed by atoms with Gasteiger partial charge in [-0.3, -0.25) is 9.48 Å².